The maximum Gasteiger partial charge on any atom is 0.266 e. The lowest BCUT2D eigenvalue weighted by molar-refractivity contribution is 0.103. The normalized spacial score (nSPS) is 10.6. The number of amides is 1. The van der Waals surface area contributed by atoms with Crippen molar-refractivity contribution in [3.05, 3.63) is 52.9 Å². The predicted molar refractivity (Wildman–Crippen MR) is 94.1 cm³/mol. The van der Waals surface area contributed by atoms with Crippen molar-refractivity contribution in [1.82, 2.24) is 0 Å². The lowest BCUT2D eigenvalue weighted by Crippen LogP contribution is -2.11. The van der Waals surface area contributed by atoms with Crippen molar-refractivity contribution in [3.8, 4) is 11.5 Å². The summed E-state index contributed by atoms with van der Waals surface area (Å²) in [6.45, 7) is 1.97. The van der Waals surface area contributed by atoms with Crippen molar-refractivity contribution in [2.75, 3.05) is 19.5 Å². The van der Waals surface area contributed by atoms with Crippen LogP contribution >= 0.6 is 11.3 Å². The average Bonchev–Trinajstić information content (AvgIpc) is 2.92. The Morgan fingerprint density at radius 2 is 1.70 bits per heavy atom. The van der Waals surface area contributed by atoms with E-state index < -0.39 is 0 Å². The molecule has 1 aromatic heterocycles. The van der Waals surface area contributed by atoms with Crippen molar-refractivity contribution in [3.63, 3.8) is 0 Å². The number of aryl methyl sites for hydroxylation is 1. The van der Waals surface area contributed by atoms with Crippen molar-refractivity contribution >= 4 is 33.0 Å². The summed E-state index contributed by atoms with van der Waals surface area (Å²) in [7, 11) is 3.16. The molecular formula is C18H17NO3S. The highest BCUT2D eigenvalue weighted by molar-refractivity contribution is 7.21. The first kappa shape index (κ1) is 15.4. The molecule has 0 bridgehead atoms. The molecule has 0 radical (unpaired) electrons. The first-order chi connectivity index (χ1) is 11.1. The number of carbonyl (C=O) groups excluding carboxylic acids is 1. The van der Waals surface area contributed by atoms with E-state index in [1.807, 2.05) is 31.2 Å². The molecule has 0 aliphatic rings. The Morgan fingerprint density at radius 1 is 1.04 bits per heavy atom. The van der Waals surface area contributed by atoms with E-state index in [0.717, 1.165) is 15.6 Å². The number of rotatable bonds is 4. The zero-order chi connectivity index (χ0) is 16.4. The van der Waals surface area contributed by atoms with Crippen molar-refractivity contribution < 1.29 is 14.3 Å². The van der Waals surface area contributed by atoms with Gasteiger partial charge in [-0.25, -0.2) is 0 Å². The Hall–Kier alpha value is -2.53. The predicted octanol–water partition coefficient (Wildman–Crippen LogP) is 4.48. The number of carbonyl (C=O) groups is 1. The van der Waals surface area contributed by atoms with Gasteiger partial charge in [0.05, 0.1) is 19.1 Å². The summed E-state index contributed by atoms with van der Waals surface area (Å²) < 4.78 is 11.6. The van der Waals surface area contributed by atoms with Crippen LogP contribution in [0.25, 0.3) is 10.1 Å². The van der Waals surface area contributed by atoms with Gasteiger partial charge >= 0.3 is 0 Å². The number of fused-ring (bicyclic) bond motifs is 1. The molecule has 1 N–H and O–H groups in total. The summed E-state index contributed by atoms with van der Waals surface area (Å²) in [6.07, 6.45) is 0. The van der Waals surface area contributed by atoms with Crippen LogP contribution in [-0.2, 0) is 0 Å². The first-order valence-electron chi connectivity index (χ1n) is 7.15. The average molecular weight is 327 g/mol. The third-order valence-corrected chi connectivity index (χ3v) is 4.93. The molecule has 118 valence electrons. The van der Waals surface area contributed by atoms with E-state index in [-0.39, 0.29) is 5.91 Å². The molecule has 1 amide bonds. The van der Waals surface area contributed by atoms with Crippen LogP contribution in [0.1, 0.15) is 15.2 Å². The van der Waals surface area contributed by atoms with Gasteiger partial charge in [-0.3, -0.25) is 4.79 Å². The van der Waals surface area contributed by atoms with Crippen LogP contribution in [0.4, 0.5) is 5.69 Å². The molecule has 0 aliphatic heterocycles. The number of anilines is 1. The number of thiophene rings is 1. The van der Waals surface area contributed by atoms with Crippen LogP contribution in [-0.4, -0.2) is 20.1 Å². The summed E-state index contributed by atoms with van der Waals surface area (Å²) in [5.74, 6) is 1.14. The van der Waals surface area contributed by atoms with Gasteiger partial charge in [0, 0.05) is 28.6 Å². The zero-order valence-corrected chi connectivity index (χ0v) is 14.0. The Bertz CT molecular complexity index is 848. The van der Waals surface area contributed by atoms with Gasteiger partial charge in [-0.15, -0.1) is 11.3 Å². The maximum atomic E-state index is 12.6. The molecule has 0 fully saturated rings. The zero-order valence-electron chi connectivity index (χ0n) is 13.2. The Morgan fingerprint density at radius 3 is 2.30 bits per heavy atom. The second-order valence-corrected chi connectivity index (χ2v) is 6.16. The standard InChI is InChI=1S/C18H17NO3S/c1-11-15-6-4-5-7-16(15)23-17(11)18(20)19-12-8-13(21-2)10-14(9-12)22-3/h4-10H,1-3H3,(H,19,20). The van der Waals surface area contributed by atoms with E-state index in [4.69, 9.17) is 9.47 Å². The summed E-state index contributed by atoms with van der Waals surface area (Å²) in [4.78, 5) is 13.3. The molecule has 5 heteroatoms. The van der Waals surface area contributed by atoms with E-state index in [9.17, 15) is 4.79 Å². The summed E-state index contributed by atoms with van der Waals surface area (Å²) in [6, 6.07) is 13.3. The topological polar surface area (TPSA) is 47.6 Å². The van der Waals surface area contributed by atoms with Gasteiger partial charge in [0.1, 0.15) is 11.5 Å². The Labute approximate surface area is 138 Å². The van der Waals surface area contributed by atoms with Gasteiger partial charge in [-0.2, -0.15) is 0 Å². The van der Waals surface area contributed by atoms with Gasteiger partial charge in [-0.1, -0.05) is 18.2 Å². The largest absolute Gasteiger partial charge is 0.497 e. The third-order valence-electron chi connectivity index (χ3n) is 3.66. The van der Waals surface area contributed by atoms with Gasteiger partial charge in [0.2, 0.25) is 0 Å². The number of ether oxygens (including phenoxy) is 2. The molecule has 0 spiro atoms. The second-order valence-electron chi connectivity index (χ2n) is 5.11. The molecular weight excluding hydrogens is 310 g/mol. The highest BCUT2D eigenvalue weighted by Gasteiger charge is 2.16. The van der Waals surface area contributed by atoms with Gasteiger partial charge in [0.25, 0.3) is 5.91 Å². The highest BCUT2D eigenvalue weighted by Crippen LogP contribution is 2.32. The summed E-state index contributed by atoms with van der Waals surface area (Å²) in [5, 5.41) is 4.04. The molecule has 0 saturated heterocycles. The van der Waals surface area contributed by atoms with E-state index in [1.165, 1.54) is 11.3 Å². The fraction of sp³-hybridized carbons (Fsp3) is 0.167. The molecule has 0 saturated carbocycles. The first-order valence-corrected chi connectivity index (χ1v) is 7.96. The number of nitrogens with one attached hydrogen (secondary N) is 1. The minimum atomic E-state index is -0.126. The number of hydrogen-bond donors (Lipinski definition) is 1. The number of hydrogen-bond acceptors (Lipinski definition) is 4. The third kappa shape index (κ3) is 3.00. The maximum absolute atomic E-state index is 12.6. The van der Waals surface area contributed by atoms with Crippen LogP contribution < -0.4 is 14.8 Å². The van der Waals surface area contributed by atoms with Crippen LogP contribution in [0.3, 0.4) is 0 Å². The van der Waals surface area contributed by atoms with E-state index in [1.54, 1.807) is 32.4 Å². The minimum Gasteiger partial charge on any atom is -0.497 e. The fourth-order valence-corrected chi connectivity index (χ4v) is 3.56. The highest BCUT2D eigenvalue weighted by atomic mass is 32.1. The molecule has 2 aromatic carbocycles. The SMILES string of the molecule is COc1cc(NC(=O)c2sc3ccccc3c2C)cc(OC)c1. The Balaban J connectivity index is 1.93. The monoisotopic (exact) mass is 327 g/mol. The molecule has 0 aliphatic carbocycles. The number of benzene rings is 2. The molecule has 1 heterocycles. The molecule has 3 aromatic rings. The van der Waals surface area contributed by atoms with Crippen LogP contribution in [0.2, 0.25) is 0 Å². The lowest BCUT2D eigenvalue weighted by Gasteiger charge is -2.09. The quantitative estimate of drug-likeness (QED) is 0.768. The minimum absolute atomic E-state index is 0.126. The summed E-state index contributed by atoms with van der Waals surface area (Å²) >= 11 is 1.50. The van der Waals surface area contributed by atoms with Crippen molar-refractivity contribution in [2.45, 2.75) is 6.92 Å². The molecule has 0 unspecified atom stereocenters. The molecule has 23 heavy (non-hydrogen) atoms. The van der Waals surface area contributed by atoms with Crippen molar-refractivity contribution in [2.24, 2.45) is 0 Å². The molecule has 0 atom stereocenters. The molecule has 4 nitrogen and oxygen atoms in total. The van der Waals surface area contributed by atoms with Crippen LogP contribution in [0, 0.1) is 6.92 Å². The van der Waals surface area contributed by atoms with Crippen molar-refractivity contribution in [1.29, 1.82) is 0 Å². The van der Waals surface area contributed by atoms with Crippen LogP contribution in [0.5, 0.6) is 11.5 Å². The lowest BCUT2D eigenvalue weighted by atomic mass is 10.1. The van der Waals surface area contributed by atoms with Crippen LogP contribution in [0.15, 0.2) is 42.5 Å². The van der Waals surface area contributed by atoms with E-state index in [2.05, 4.69) is 5.32 Å². The van der Waals surface area contributed by atoms with Gasteiger partial charge < -0.3 is 14.8 Å². The van der Waals surface area contributed by atoms with E-state index in [0.29, 0.717) is 22.1 Å². The van der Waals surface area contributed by atoms with Gasteiger partial charge in [0.15, 0.2) is 0 Å². The van der Waals surface area contributed by atoms with Gasteiger partial charge in [-0.05, 0) is 23.9 Å². The summed E-state index contributed by atoms with van der Waals surface area (Å²) in [5.41, 5.74) is 1.64. The molecule has 3 rings (SSSR count). The van der Waals surface area contributed by atoms with E-state index >= 15 is 0 Å². The fourth-order valence-electron chi connectivity index (χ4n) is 2.46. The Kier molecular flexibility index (Phi) is 4.21. The smallest absolute Gasteiger partial charge is 0.266 e. The number of methoxy groups -OCH3 is 2. The second kappa shape index (κ2) is 6.30.